The highest BCUT2D eigenvalue weighted by atomic mass is 32.2. The van der Waals surface area contributed by atoms with Crippen molar-refractivity contribution >= 4 is 16.0 Å². The summed E-state index contributed by atoms with van der Waals surface area (Å²) in [4.78, 5) is 9.41. The van der Waals surface area contributed by atoms with Crippen molar-refractivity contribution in [2.24, 2.45) is 4.99 Å². The molecule has 0 bridgehead atoms. The molecule has 1 saturated carbocycles. The van der Waals surface area contributed by atoms with Crippen LogP contribution in [0.5, 0.6) is 0 Å². The van der Waals surface area contributed by atoms with E-state index in [4.69, 9.17) is 0 Å². The fourth-order valence-electron chi connectivity index (χ4n) is 4.56. The number of guanidine groups is 1. The molecule has 0 unspecified atom stereocenters. The van der Waals surface area contributed by atoms with Gasteiger partial charge in [-0.1, -0.05) is 30.7 Å². The maximum atomic E-state index is 13.5. The quantitative estimate of drug-likeness (QED) is 0.731. The lowest BCUT2D eigenvalue weighted by atomic mass is 9.91. The lowest BCUT2D eigenvalue weighted by Crippen LogP contribution is -2.56. The molecule has 2 aromatic rings. The highest BCUT2D eigenvalue weighted by molar-refractivity contribution is 7.89. The van der Waals surface area contributed by atoms with Crippen LogP contribution in [0, 0.1) is 5.82 Å². The van der Waals surface area contributed by atoms with Gasteiger partial charge in [0.1, 0.15) is 5.82 Å². The van der Waals surface area contributed by atoms with Crippen molar-refractivity contribution in [3.8, 4) is 11.1 Å². The van der Waals surface area contributed by atoms with Crippen LogP contribution in [0.3, 0.4) is 0 Å². The van der Waals surface area contributed by atoms with E-state index in [1.54, 1.807) is 36.4 Å². The SMILES string of the molecule is O=S(=O)(c1ccc(-c2cccc(F)c2)cc1)N1CCN=C1N1CCN(C2CCC2)CC1. The molecule has 0 aromatic heterocycles. The molecular weight excluding hydrogens is 415 g/mol. The van der Waals surface area contributed by atoms with Crippen LogP contribution in [0.4, 0.5) is 4.39 Å². The fourth-order valence-corrected chi connectivity index (χ4v) is 6.00. The van der Waals surface area contributed by atoms with Gasteiger partial charge in [-0.2, -0.15) is 0 Å². The van der Waals surface area contributed by atoms with Gasteiger partial charge in [0, 0.05) is 32.2 Å². The molecule has 6 nitrogen and oxygen atoms in total. The molecular formula is C23H27FN4O2S. The minimum Gasteiger partial charge on any atom is -0.339 e. The maximum absolute atomic E-state index is 13.5. The molecule has 164 valence electrons. The second-order valence-electron chi connectivity index (χ2n) is 8.40. The van der Waals surface area contributed by atoms with Crippen molar-refractivity contribution in [2.45, 2.75) is 30.2 Å². The zero-order valence-corrected chi connectivity index (χ0v) is 18.3. The zero-order chi connectivity index (χ0) is 21.4. The molecule has 31 heavy (non-hydrogen) atoms. The van der Waals surface area contributed by atoms with E-state index in [2.05, 4.69) is 14.8 Å². The maximum Gasteiger partial charge on any atom is 0.266 e. The van der Waals surface area contributed by atoms with Gasteiger partial charge in [0.05, 0.1) is 18.0 Å². The summed E-state index contributed by atoms with van der Waals surface area (Å²) in [5, 5.41) is 0. The Hall–Kier alpha value is -2.45. The Bertz CT molecular complexity index is 1080. The van der Waals surface area contributed by atoms with E-state index in [-0.39, 0.29) is 10.7 Å². The number of nitrogens with zero attached hydrogens (tertiary/aromatic N) is 4. The molecule has 1 aliphatic carbocycles. The smallest absolute Gasteiger partial charge is 0.266 e. The van der Waals surface area contributed by atoms with Gasteiger partial charge in [0.15, 0.2) is 0 Å². The predicted octanol–water partition coefficient (Wildman–Crippen LogP) is 3.02. The zero-order valence-electron chi connectivity index (χ0n) is 17.5. The largest absolute Gasteiger partial charge is 0.339 e. The third-order valence-corrected chi connectivity index (χ3v) is 8.36. The second-order valence-corrected chi connectivity index (χ2v) is 10.3. The van der Waals surface area contributed by atoms with Crippen LogP contribution in [-0.4, -0.2) is 73.8 Å². The Morgan fingerprint density at radius 2 is 1.65 bits per heavy atom. The van der Waals surface area contributed by atoms with E-state index in [0.717, 1.165) is 37.3 Å². The van der Waals surface area contributed by atoms with Crippen LogP contribution in [0.25, 0.3) is 11.1 Å². The van der Waals surface area contributed by atoms with Gasteiger partial charge >= 0.3 is 0 Å². The molecule has 3 aliphatic rings. The lowest BCUT2D eigenvalue weighted by molar-refractivity contribution is 0.0833. The van der Waals surface area contributed by atoms with Gasteiger partial charge in [-0.25, -0.2) is 17.1 Å². The van der Waals surface area contributed by atoms with Crippen LogP contribution >= 0.6 is 0 Å². The average Bonchev–Trinajstić information content (AvgIpc) is 3.24. The minimum absolute atomic E-state index is 0.232. The Balaban J connectivity index is 1.31. The predicted molar refractivity (Wildman–Crippen MR) is 119 cm³/mol. The molecule has 2 aliphatic heterocycles. The highest BCUT2D eigenvalue weighted by Crippen LogP contribution is 2.28. The number of hydrogen-bond acceptors (Lipinski definition) is 5. The molecule has 0 atom stereocenters. The number of hydrogen-bond donors (Lipinski definition) is 0. The van der Waals surface area contributed by atoms with Crippen LogP contribution in [0.2, 0.25) is 0 Å². The van der Waals surface area contributed by atoms with E-state index in [0.29, 0.717) is 25.1 Å². The van der Waals surface area contributed by atoms with Gasteiger partial charge in [-0.05, 0) is 48.2 Å². The Kier molecular flexibility index (Phi) is 5.44. The monoisotopic (exact) mass is 442 g/mol. The summed E-state index contributed by atoms with van der Waals surface area (Å²) in [6, 6.07) is 13.6. The van der Waals surface area contributed by atoms with E-state index in [1.165, 1.54) is 35.7 Å². The molecule has 1 saturated heterocycles. The van der Waals surface area contributed by atoms with Gasteiger partial charge in [-0.15, -0.1) is 0 Å². The third kappa shape index (κ3) is 3.94. The van der Waals surface area contributed by atoms with Crippen molar-refractivity contribution in [2.75, 3.05) is 39.3 Å². The van der Waals surface area contributed by atoms with Gasteiger partial charge in [0.2, 0.25) is 5.96 Å². The van der Waals surface area contributed by atoms with Crippen LogP contribution in [0.15, 0.2) is 58.4 Å². The second kappa shape index (κ2) is 8.24. The van der Waals surface area contributed by atoms with Crippen molar-refractivity contribution in [3.63, 3.8) is 0 Å². The summed E-state index contributed by atoms with van der Waals surface area (Å²) in [7, 11) is -3.69. The Morgan fingerprint density at radius 3 is 2.29 bits per heavy atom. The first kappa shape index (κ1) is 20.5. The van der Waals surface area contributed by atoms with E-state index in [9.17, 15) is 12.8 Å². The van der Waals surface area contributed by atoms with Crippen molar-refractivity contribution < 1.29 is 12.8 Å². The van der Waals surface area contributed by atoms with Gasteiger partial charge in [0.25, 0.3) is 10.0 Å². The minimum atomic E-state index is -3.69. The number of benzene rings is 2. The number of sulfonamides is 1. The van der Waals surface area contributed by atoms with Crippen molar-refractivity contribution in [1.29, 1.82) is 0 Å². The molecule has 8 heteroatoms. The molecule has 0 amide bonds. The number of aliphatic imine (C=N–C) groups is 1. The third-order valence-electron chi connectivity index (χ3n) is 6.57. The summed E-state index contributed by atoms with van der Waals surface area (Å²) in [5.74, 6) is 0.256. The normalized spacial score (nSPS) is 20.6. The molecule has 0 spiro atoms. The molecule has 0 N–H and O–H groups in total. The Morgan fingerprint density at radius 1 is 0.903 bits per heavy atom. The van der Waals surface area contributed by atoms with Crippen LogP contribution < -0.4 is 0 Å². The Labute approximate surface area is 183 Å². The fraction of sp³-hybridized carbons (Fsp3) is 0.435. The summed E-state index contributed by atoms with van der Waals surface area (Å²) < 4.78 is 41.7. The lowest BCUT2D eigenvalue weighted by Gasteiger charge is -2.44. The summed E-state index contributed by atoms with van der Waals surface area (Å²) in [5.41, 5.74) is 1.50. The van der Waals surface area contributed by atoms with Crippen LogP contribution in [-0.2, 0) is 10.0 Å². The van der Waals surface area contributed by atoms with E-state index < -0.39 is 10.0 Å². The number of rotatable bonds is 4. The standard InChI is InChI=1S/C23H27FN4O2S/c24-20-4-1-3-19(17-20)18-7-9-22(10-8-18)31(29,30)28-12-11-25-23(28)27-15-13-26(14-16-27)21-5-2-6-21/h1,3-4,7-10,17,21H,2,5-6,11-16H2. The average molecular weight is 443 g/mol. The van der Waals surface area contributed by atoms with E-state index in [1.807, 2.05) is 0 Å². The van der Waals surface area contributed by atoms with Crippen molar-refractivity contribution in [3.05, 3.63) is 54.3 Å². The summed E-state index contributed by atoms with van der Waals surface area (Å²) in [6.07, 6.45) is 3.89. The van der Waals surface area contributed by atoms with E-state index >= 15 is 0 Å². The first-order valence-electron chi connectivity index (χ1n) is 10.9. The summed E-state index contributed by atoms with van der Waals surface area (Å²) in [6.45, 7) is 4.38. The van der Waals surface area contributed by atoms with Crippen molar-refractivity contribution in [1.82, 2.24) is 14.1 Å². The van der Waals surface area contributed by atoms with Gasteiger partial charge in [-0.3, -0.25) is 9.89 Å². The number of piperazine rings is 1. The topological polar surface area (TPSA) is 56.2 Å². The molecule has 2 heterocycles. The van der Waals surface area contributed by atoms with Gasteiger partial charge < -0.3 is 4.90 Å². The first-order chi connectivity index (χ1) is 15.0. The molecule has 2 aromatic carbocycles. The summed E-state index contributed by atoms with van der Waals surface area (Å²) >= 11 is 0. The molecule has 2 fully saturated rings. The highest BCUT2D eigenvalue weighted by Gasteiger charge is 2.36. The molecule has 0 radical (unpaired) electrons. The van der Waals surface area contributed by atoms with Crippen LogP contribution in [0.1, 0.15) is 19.3 Å². The first-order valence-corrected chi connectivity index (χ1v) is 12.4. The number of halogens is 1. The molecule has 5 rings (SSSR count).